The maximum absolute atomic E-state index is 2.75. The van der Waals surface area contributed by atoms with Crippen molar-refractivity contribution in [2.24, 2.45) is 0 Å². The van der Waals surface area contributed by atoms with Crippen molar-refractivity contribution in [3.8, 4) is 0 Å². The lowest BCUT2D eigenvalue weighted by molar-refractivity contribution is 0.469. The van der Waals surface area contributed by atoms with E-state index in [2.05, 4.69) is 65.2 Å². The van der Waals surface area contributed by atoms with Gasteiger partial charge in [0, 0.05) is 17.6 Å². The zero-order valence-electron chi connectivity index (χ0n) is 12.8. The summed E-state index contributed by atoms with van der Waals surface area (Å²) in [7, 11) is 3.75. The standard InChI is InChI=1S/C15H19NS.C2H7N/c1-2-11-16-12-7-3-4-8-13-17-15-10-6-5-9-14(15)16;1-3-2/h3-4,7-10,12-13H,2,5-6,11H2,1H3;3H,1-2H3/b4-3-,12-7+,13-8+;. The highest BCUT2D eigenvalue weighted by Gasteiger charge is 2.13. The third-order valence-electron chi connectivity index (χ3n) is 2.73. The summed E-state index contributed by atoms with van der Waals surface area (Å²) >= 11 is 1.82. The maximum Gasteiger partial charge on any atom is 0.0504 e. The molecule has 0 atom stereocenters. The molecule has 0 aromatic carbocycles. The molecule has 0 spiro atoms. The fourth-order valence-corrected chi connectivity index (χ4v) is 2.81. The molecule has 0 radical (unpaired) electrons. The van der Waals surface area contributed by atoms with Crippen LogP contribution in [0.25, 0.3) is 0 Å². The summed E-state index contributed by atoms with van der Waals surface area (Å²) in [5.41, 5.74) is 1.37. The zero-order valence-corrected chi connectivity index (χ0v) is 13.6. The van der Waals surface area contributed by atoms with E-state index in [1.54, 1.807) is 0 Å². The normalized spacial score (nSPS) is 22.4. The summed E-state index contributed by atoms with van der Waals surface area (Å²) in [6, 6.07) is 0. The number of nitrogens with zero attached hydrogens (tertiary/aromatic N) is 1. The molecule has 1 heterocycles. The van der Waals surface area contributed by atoms with Crippen LogP contribution in [0.3, 0.4) is 0 Å². The first-order valence-corrected chi connectivity index (χ1v) is 8.14. The Morgan fingerprint density at radius 2 is 1.80 bits per heavy atom. The van der Waals surface area contributed by atoms with Crippen molar-refractivity contribution >= 4 is 11.8 Å². The lowest BCUT2D eigenvalue weighted by Crippen LogP contribution is -2.19. The quantitative estimate of drug-likeness (QED) is 0.810. The van der Waals surface area contributed by atoms with E-state index in [1.165, 1.54) is 23.4 Å². The van der Waals surface area contributed by atoms with Crippen molar-refractivity contribution in [3.05, 3.63) is 58.7 Å². The Balaban J connectivity index is 0.000000612. The van der Waals surface area contributed by atoms with E-state index in [9.17, 15) is 0 Å². The van der Waals surface area contributed by atoms with Gasteiger partial charge in [0.25, 0.3) is 0 Å². The first-order valence-electron chi connectivity index (χ1n) is 7.26. The second-order valence-electron chi connectivity index (χ2n) is 4.60. The van der Waals surface area contributed by atoms with Gasteiger partial charge in [0.1, 0.15) is 0 Å². The van der Waals surface area contributed by atoms with Crippen LogP contribution in [0.4, 0.5) is 0 Å². The molecule has 0 bridgehead atoms. The van der Waals surface area contributed by atoms with Gasteiger partial charge in [0.15, 0.2) is 0 Å². The van der Waals surface area contributed by atoms with Gasteiger partial charge in [-0.2, -0.15) is 0 Å². The minimum absolute atomic E-state index is 1.08. The van der Waals surface area contributed by atoms with E-state index in [1.807, 2.05) is 25.9 Å². The summed E-state index contributed by atoms with van der Waals surface area (Å²) in [6.45, 7) is 3.31. The Bertz CT molecular complexity index is 417. The van der Waals surface area contributed by atoms with Gasteiger partial charge < -0.3 is 10.2 Å². The summed E-state index contributed by atoms with van der Waals surface area (Å²) in [5, 5.41) is 4.91. The van der Waals surface area contributed by atoms with Crippen molar-refractivity contribution in [1.82, 2.24) is 10.2 Å². The van der Waals surface area contributed by atoms with Crippen molar-refractivity contribution in [1.29, 1.82) is 0 Å². The number of hydrogen-bond donors (Lipinski definition) is 1. The van der Waals surface area contributed by atoms with Crippen molar-refractivity contribution in [2.45, 2.75) is 26.2 Å². The smallest absolute Gasteiger partial charge is 0.0504 e. The minimum Gasteiger partial charge on any atom is -0.347 e. The predicted octanol–water partition coefficient (Wildman–Crippen LogP) is 4.43. The molecule has 0 saturated carbocycles. The van der Waals surface area contributed by atoms with E-state index >= 15 is 0 Å². The number of hydrogen-bond acceptors (Lipinski definition) is 3. The fourth-order valence-electron chi connectivity index (χ4n) is 1.96. The summed E-state index contributed by atoms with van der Waals surface area (Å²) in [6.07, 6.45) is 18.8. The molecule has 110 valence electrons. The highest BCUT2D eigenvalue weighted by molar-refractivity contribution is 8.06. The number of rotatable bonds is 2. The first kappa shape index (κ1) is 16.9. The first-order chi connectivity index (χ1) is 9.83. The van der Waals surface area contributed by atoms with Crippen LogP contribution < -0.4 is 5.32 Å². The highest BCUT2D eigenvalue weighted by atomic mass is 32.2. The molecule has 0 amide bonds. The second kappa shape index (κ2) is 10.6. The third-order valence-corrected chi connectivity index (χ3v) is 3.66. The third kappa shape index (κ3) is 5.85. The maximum atomic E-state index is 2.75. The topological polar surface area (TPSA) is 15.3 Å². The van der Waals surface area contributed by atoms with Crippen LogP contribution in [0, 0.1) is 0 Å². The van der Waals surface area contributed by atoms with E-state index in [0.29, 0.717) is 0 Å². The van der Waals surface area contributed by atoms with Gasteiger partial charge in [0.05, 0.1) is 5.70 Å². The predicted molar refractivity (Wildman–Crippen MR) is 92.4 cm³/mol. The molecule has 3 heteroatoms. The number of fused-ring (bicyclic) bond motifs is 1. The molecule has 0 unspecified atom stereocenters. The van der Waals surface area contributed by atoms with Crippen LogP contribution in [0.15, 0.2) is 58.7 Å². The molecule has 1 N–H and O–H groups in total. The minimum atomic E-state index is 1.08. The molecule has 1 aliphatic heterocycles. The SMILES string of the molecule is CCCN1/C=C/C=C\C=C\SC2=CCCC=C21.CNC. The molecule has 20 heavy (non-hydrogen) atoms. The molecular weight excluding hydrogens is 264 g/mol. The van der Waals surface area contributed by atoms with Crippen molar-refractivity contribution in [2.75, 3.05) is 20.6 Å². The van der Waals surface area contributed by atoms with Crippen LogP contribution in [0.1, 0.15) is 26.2 Å². The van der Waals surface area contributed by atoms with E-state index in [-0.39, 0.29) is 0 Å². The number of nitrogens with one attached hydrogen (secondary N) is 1. The highest BCUT2D eigenvalue weighted by Crippen LogP contribution is 2.32. The molecule has 2 nitrogen and oxygen atoms in total. The van der Waals surface area contributed by atoms with Crippen LogP contribution in [0.5, 0.6) is 0 Å². The van der Waals surface area contributed by atoms with Gasteiger partial charge in [-0.3, -0.25) is 0 Å². The average Bonchev–Trinajstić information content (AvgIpc) is 2.47. The summed E-state index contributed by atoms with van der Waals surface area (Å²) < 4.78 is 0. The Morgan fingerprint density at radius 3 is 2.55 bits per heavy atom. The monoisotopic (exact) mass is 290 g/mol. The molecular formula is C17H26N2S. The lowest BCUT2D eigenvalue weighted by Gasteiger charge is -2.26. The van der Waals surface area contributed by atoms with E-state index in [0.717, 1.165) is 13.0 Å². The summed E-state index contributed by atoms with van der Waals surface area (Å²) in [5.74, 6) is 0. The fraction of sp³-hybridized carbons (Fsp3) is 0.412. The average molecular weight is 290 g/mol. The largest absolute Gasteiger partial charge is 0.347 e. The van der Waals surface area contributed by atoms with E-state index in [4.69, 9.17) is 0 Å². The molecule has 2 aliphatic rings. The van der Waals surface area contributed by atoms with Gasteiger partial charge in [-0.25, -0.2) is 0 Å². The molecule has 0 aromatic heterocycles. The molecule has 0 aromatic rings. The Labute approximate surface area is 128 Å². The van der Waals surface area contributed by atoms with Gasteiger partial charge >= 0.3 is 0 Å². The second-order valence-corrected chi connectivity index (χ2v) is 5.55. The lowest BCUT2D eigenvalue weighted by atomic mass is 10.1. The van der Waals surface area contributed by atoms with Gasteiger partial charge in [0.2, 0.25) is 0 Å². The molecule has 0 fully saturated rings. The van der Waals surface area contributed by atoms with Gasteiger partial charge in [-0.15, -0.1) is 0 Å². The van der Waals surface area contributed by atoms with Gasteiger partial charge in [-0.05, 0) is 44.8 Å². The number of thioether (sulfide) groups is 1. The number of allylic oxidation sites excluding steroid dienone is 6. The molecule has 2 rings (SSSR count). The van der Waals surface area contributed by atoms with Crippen LogP contribution in [-0.4, -0.2) is 25.5 Å². The van der Waals surface area contributed by atoms with E-state index < -0.39 is 0 Å². The van der Waals surface area contributed by atoms with Crippen molar-refractivity contribution in [3.63, 3.8) is 0 Å². The van der Waals surface area contributed by atoms with Crippen molar-refractivity contribution < 1.29 is 0 Å². The molecule has 1 aliphatic carbocycles. The Morgan fingerprint density at radius 1 is 1.10 bits per heavy atom. The van der Waals surface area contributed by atoms with Crippen LogP contribution in [0.2, 0.25) is 0 Å². The van der Waals surface area contributed by atoms with Gasteiger partial charge in [-0.1, -0.05) is 49.1 Å². The van der Waals surface area contributed by atoms with Crippen LogP contribution in [-0.2, 0) is 0 Å². The Hall–Kier alpha value is -1.19. The Kier molecular flexibility index (Phi) is 8.92. The van der Waals surface area contributed by atoms with Crippen LogP contribution >= 0.6 is 11.8 Å². The summed E-state index contributed by atoms with van der Waals surface area (Å²) in [4.78, 5) is 3.75. The molecule has 0 saturated heterocycles. The zero-order chi connectivity index (χ0) is 14.6.